The molecule has 1 aliphatic carbocycles. The van der Waals surface area contributed by atoms with E-state index in [-0.39, 0.29) is 24.0 Å². The summed E-state index contributed by atoms with van der Waals surface area (Å²) in [5.74, 6) is 1.12. The predicted molar refractivity (Wildman–Crippen MR) is 97.6 cm³/mol. The van der Waals surface area contributed by atoms with Crippen molar-refractivity contribution in [3.8, 4) is 5.88 Å². The number of nitrogens with zero attached hydrogens (tertiary/aromatic N) is 1. The Balaban J connectivity index is 1.63. The molecule has 0 aliphatic heterocycles. The minimum atomic E-state index is -0.269. The van der Waals surface area contributed by atoms with Gasteiger partial charge in [-0.15, -0.1) is 11.8 Å². The smallest absolute Gasteiger partial charge is 0.230 e. The van der Waals surface area contributed by atoms with Gasteiger partial charge in [-0.1, -0.05) is 24.3 Å². The lowest BCUT2D eigenvalue weighted by atomic mass is 9.75. The maximum Gasteiger partial charge on any atom is 0.230 e. The van der Waals surface area contributed by atoms with Crippen LogP contribution in [0, 0.1) is 5.92 Å². The third-order valence-corrected chi connectivity index (χ3v) is 5.39. The molecule has 0 unspecified atom stereocenters. The first-order valence-corrected chi connectivity index (χ1v) is 9.29. The molecule has 0 spiro atoms. The highest BCUT2D eigenvalue weighted by atomic mass is 32.2. The number of ether oxygens (including phenoxy) is 1. The van der Waals surface area contributed by atoms with Crippen LogP contribution >= 0.6 is 11.8 Å². The monoisotopic (exact) mass is 358 g/mol. The maximum atomic E-state index is 12.4. The lowest BCUT2D eigenvalue weighted by Gasteiger charge is -2.38. The highest BCUT2D eigenvalue weighted by Crippen LogP contribution is 2.38. The average molecular weight is 358 g/mol. The van der Waals surface area contributed by atoms with Gasteiger partial charge in [0.2, 0.25) is 11.8 Å². The summed E-state index contributed by atoms with van der Waals surface area (Å²) in [5.41, 5.74) is 0.941. The van der Waals surface area contributed by atoms with Crippen molar-refractivity contribution in [1.82, 2.24) is 10.3 Å². The van der Waals surface area contributed by atoms with Crippen LogP contribution in [0.15, 0.2) is 53.6 Å². The van der Waals surface area contributed by atoms with Crippen LogP contribution in [0.25, 0.3) is 0 Å². The number of methoxy groups -OCH3 is 1. The normalized spacial score (nSPS) is 20.4. The molecule has 1 heterocycles. The summed E-state index contributed by atoms with van der Waals surface area (Å²) in [7, 11) is 1.57. The molecular formula is C19H22N2O3S. The summed E-state index contributed by atoms with van der Waals surface area (Å²) in [6.45, 7) is 0. The first-order valence-electron chi connectivity index (χ1n) is 8.31. The second-order valence-electron chi connectivity index (χ2n) is 6.17. The zero-order valence-corrected chi connectivity index (χ0v) is 14.9. The fourth-order valence-electron chi connectivity index (χ4n) is 2.95. The minimum absolute atomic E-state index is 0.0175. The van der Waals surface area contributed by atoms with Gasteiger partial charge in [-0.2, -0.15) is 0 Å². The quantitative estimate of drug-likeness (QED) is 0.745. The van der Waals surface area contributed by atoms with E-state index in [2.05, 4.69) is 10.3 Å². The molecule has 6 heteroatoms. The van der Waals surface area contributed by atoms with Gasteiger partial charge in [0.15, 0.2) is 0 Å². The number of aliphatic hydroxyl groups excluding tert-OH is 1. The SMILES string of the molecule is COc1ccc([C@@H](NC(=O)CSc2ccccc2)C2CC(O)C2)cn1. The number of hydrogen-bond donors (Lipinski definition) is 2. The molecule has 0 radical (unpaired) electrons. The van der Waals surface area contributed by atoms with E-state index in [1.165, 1.54) is 11.8 Å². The van der Waals surface area contributed by atoms with Crippen molar-refractivity contribution in [2.45, 2.75) is 29.9 Å². The molecule has 1 aliphatic rings. The van der Waals surface area contributed by atoms with Gasteiger partial charge in [-0.3, -0.25) is 4.79 Å². The van der Waals surface area contributed by atoms with E-state index in [4.69, 9.17) is 4.74 Å². The van der Waals surface area contributed by atoms with E-state index in [0.717, 1.165) is 10.5 Å². The Hall–Kier alpha value is -2.05. The molecule has 2 N–H and O–H groups in total. The van der Waals surface area contributed by atoms with E-state index in [1.807, 2.05) is 36.4 Å². The van der Waals surface area contributed by atoms with Crippen LogP contribution in [-0.2, 0) is 4.79 Å². The summed E-state index contributed by atoms with van der Waals surface area (Å²) >= 11 is 1.51. The van der Waals surface area contributed by atoms with E-state index in [1.54, 1.807) is 19.4 Å². The average Bonchev–Trinajstić information content (AvgIpc) is 2.63. The first-order chi connectivity index (χ1) is 12.2. The summed E-state index contributed by atoms with van der Waals surface area (Å²) in [5, 5.41) is 12.7. The summed E-state index contributed by atoms with van der Waals surface area (Å²) in [4.78, 5) is 17.7. The number of rotatable bonds is 7. The summed E-state index contributed by atoms with van der Waals surface area (Å²) in [6.07, 6.45) is 2.86. The number of aliphatic hydroxyl groups is 1. The van der Waals surface area contributed by atoms with E-state index < -0.39 is 0 Å². The standard InChI is InChI=1S/C19H22N2O3S/c1-24-18-8-7-13(11-20-18)19(14-9-15(22)10-14)21-17(23)12-25-16-5-3-2-4-6-16/h2-8,11,14-15,19,22H,9-10,12H2,1H3,(H,21,23)/t14?,15?,19-/m1/s1. The van der Waals surface area contributed by atoms with Gasteiger partial charge in [0, 0.05) is 17.2 Å². The molecule has 1 fully saturated rings. The zero-order chi connectivity index (χ0) is 17.6. The molecule has 25 heavy (non-hydrogen) atoms. The Bertz CT molecular complexity index is 688. The van der Waals surface area contributed by atoms with Crippen LogP contribution in [0.3, 0.4) is 0 Å². The third-order valence-electron chi connectivity index (χ3n) is 4.38. The zero-order valence-electron chi connectivity index (χ0n) is 14.1. The molecule has 5 nitrogen and oxygen atoms in total. The number of amides is 1. The van der Waals surface area contributed by atoms with Crippen LogP contribution in [0.1, 0.15) is 24.4 Å². The first kappa shape index (κ1) is 17.8. The van der Waals surface area contributed by atoms with E-state index in [0.29, 0.717) is 24.5 Å². The molecule has 1 aromatic carbocycles. The Morgan fingerprint density at radius 2 is 2.08 bits per heavy atom. The molecule has 0 saturated heterocycles. The van der Waals surface area contributed by atoms with Crippen LogP contribution in [0.5, 0.6) is 5.88 Å². The van der Waals surface area contributed by atoms with Gasteiger partial charge in [-0.25, -0.2) is 4.98 Å². The van der Waals surface area contributed by atoms with Gasteiger partial charge >= 0.3 is 0 Å². The number of benzene rings is 1. The Labute approximate surface area is 151 Å². The van der Waals surface area contributed by atoms with Gasteiger partial charge < -0.3 is 15.2 Å². The largest absolute Gasteiger partial charge is 0.481 e. The van der Waals surface area contributed by atoms with Gasteiger partial charge in [0.05, 0.1) is 25.0 Å². The van der Waals surface area contributed by atoms with Crippen molar-refractivity contribution < 1.29 is 14.6 Å². The van der Waals surface area contributed by atoms with Crippen molar-refractivity contribution in [2.24, 2.45) is 5.92 Å². The van der Waals surface area contributed by atoms with Gasteiger partial charge in [0.1, 0.15) is 0 Å². The van der Waals surface area contributed by atoms with Crippen molar-refractivity contribution >= 4 is 17.7 Å². The maximum absolute atomic E-state index is 12.4. The molecule has 132 valence electrons. The molecular weight excluding hydrogens is 336 g/mol. The topological polar surface area (TPSA) is 71.5 Å². The number of carbonyl (C=O) groups is 1. The molecule has 2 aromatic rings. The van der Waals surface area contributed by atoms with Crippen molar-refractivity contribution in [2.75, 3.05) is 12.9 Å². The highest BCUT2D eigenvalue weighted by Gasteiger charge is 2.35. The van der Waals surface area contributed by atoms with Crippen LogP contribution < -0.4 is 10.1 Å². The number of pyridine rings is 1. The summed E-state index contributed by atoms with van der Waals surface area (Å²) < 4.78 is 5.09. The number of hydrogen-bond acceptors (Lipinski definition) is 5. The molecule has 1 saturated carbocycles. The summed E-state index contributed by atoms with van der Waals surface area (Å²) in [6, 6.07) is 13.4. The lowest BCUT2D eigenvalue weighted by molar-refractivity contribution is -0.120. The number of carbonyl (C=O) groups excluding carboxylic acids is 1. The van der Waals surface area contributed by atoms with Crippen LogP contribution in [0.2, 0.25) is 0 Å². The lowest BCUT2D eigenvalue weighted by Crippen LogP contribution is -2.42. The molecule has 3 rings (SSSR count). The second kappa shape index (κ2) is 8.36. The number of aromatic nitrogens is 1. The van der Waals surface area contributed by atoms with E-state index in [9.17, 15) is 9.90 Å². The molecule has 1 atom stereocenters. The highest BCUT2D eigenvalue weighted by molar-refractivity contribution is 8.00. The Kier molecular flexibility index (Phi) is 5.94. The Morgan fingerprint density at radius 3 is 2.68 bits per heavy atom. The number of nitrogens with one attached hydrogen (secondary N) is 1. The second-order valence-corrected chi connectivity index (χ2v) is 7.21. The molecule has 1 amide bonds. The van der Waals surface area contributed by atoms with Crippen molar-refractivity contribution in [3.05, 3.63) is 54.2 Å². The molecule has 0 bridgehead atoms. The van der Waals surface area contributed by atoms with Crippen molar-refractivity contribution in [3.63, 3.8) is 0 Å². The Morgan fingerprint density at radius 1 is 1.32 bits per heavy atom. The van der Waals surface area contributed by atoms with Crippen LogP contribution in [0.4, 0.5) is 0 Å². The van der Waals surface area contributed by atoms with Gasteiger partial charge in [0.25, 0.3) is 0 Å². The van der Waals surface area contributed by atoms with Crippen LogP contribution in [-0.4, -0.2) is 35.0 Å². The van der Waals surface area contributed by atoms with Gasteiger partial charge in [-0.05, 0) is 36.5 Å². The fourth-order valence-corrected chi connectivity index (χ4v) is 3.68. The molecule has 1 aromatic heterocycles. The predicted octanol–water partition coefficient (Wildman–Crippen LogP) is 2.81. The fraction of sp³-hybridized carbons (Fsp3) is 0.368. The minimum Gasteiger partial charge on any atom is -0.481 e. The van der Waals surface area contributed by atoms with E-state index >= 15 is 0 Å². The van der Waals surface area contributed by atoms with Crippen molar-refractivity contribution in [1.29, 1.82) is 0 Å². The number of thioether (sulfide) groups is 1. The third kappa shape index (κ3) is 4.74.